The van der Waals surface area contributed by atoms with Gasteiger partial charge in [-0.3, -0.25) is 0 Å². The van der Waals surface area contributed by atoms with Crippen molar-refractivity contribution in [2.24, 2.45) is 5.41 Å². The van der Waals surface area contributed by atoms with Crippen molar-refractivity contribution in [1.29, 1.82) is 0 Å². The molecule has 0 aromatic rings. The van der Waals surface area contributed by atoms with Crippen molar-refractivity contribution in [3.05, 3.63) is 0 Å². The van der Waals surface area contributed by atoms with Crippen LogP contribution in [0.15, 0.2) is 0 Å². The molecule has 0 aliphatic carbocycles. The lowest BCUT2D eigenvalue weighted by molar-refractivity contribution is 0.373. The van der Waals surface area contributed by atoms with E-state index in [0.29, 0.717) is 0 Å². The van der Waals surface area contributed by atoms with Crippen LogP contribution in [-0.4, -0.2) is 10.6 Å². The molecule has 0 aliphatic rings. The molecule has 0 saturated carbocycles. The van der Waals surface area contributed by atoms with E-state index in [-0.39, 0.29) is 11.1 Å². The van der Waals surface area contributed by atoms with Crippen molar-refractivity contribution < 1.29 is 9.46 Å². The van der Waals surface area contributed by atoms with Gasteiger partial charge >= 0.3 is 8.03 Å². The first kappa shape index (κ1) is 9.06. The van der Waals surface area contributed by atoms with Gasteiger partial charge in [-0.2, -0.15) is 4.89 Å². The predicted octanol–water partition coefficient (Wildman–Crippen LogP) is 2.16. The molecule has 0 rings (SSSR count). The zero-order chi connectivity index (χ0) is 7.65. The molecule has 54 valence electrons. The van der Waals surface area contributed by atoms with Gasteiger partial charge in [-0.15, -0.1) is 0 Å². The molecule has 9 heavy (non-hydrogen) atoms. The zero-order valence-corrected chi connectivity index (χ0v) is 7.27. The minimum Gasteiger partial charge on any atom is -0.161 e. The summed E-state index contributed by atoms with van der Waals surface area (Å²) in [4.78, 5) is 8.67. The van der Waals surface area contributed by atoms with Crippen molar-refractivity contribution in [3.63, 3.8) is 0 Å². The van der Waals surface area contributed by atoms with Crippen LogP contribution in [0.3, 0.4) is 0 Å². The van der Waals surface area contributed by atoms with Crippen molar-refractivity contribution in [1.82, 2.24) is 0 Å². The van der Waals surface area contributed by atoms with Gasteiger partial charge in [0.25, 0.3) is 0 Å². The SMILES string of the molecule is CC([P+](=O)O)C(C)(C)C. The number of rotatable bonds is 1. The summed E-state index contributed by atoms with van der Waals surface area (Å²) in [6, 6.07) is 0. The fourth-order valence-electron chi connectivity index (χ4n) is 0.331. The third-order valence-corrected chi connectivity index (χ3v) is 3.02. The Hall–Kier alpha value is 0.0600. The maximum atomic E-state index is 10.5. The van der Waals surface area contributed by atoms with Gasteiger partial charge in [0.1, 0.15) is 0 Å². The molecule has 0 heterocycles. The van der Waals surface area contributed by atoms with Crippen LogP contribution in [0, 0.1) is 5.41 Å². The van der Waals surface area contributed by atoms with Crippen LogP contribution < -0.4 is 0 Å². The molecule has 2 nitrogen and oxygen atoms in total. The average Bonchev–Trinajstić information content (AvgIpc) is 1.62. The lowest BCUT2D eigenvalue weighted by atomic mass is 9.93. The summed E-state index contributed by atoms with van der Waals surface area (Å²) in [5, 5.41) is 0. The maximum absolute atomic E-state index is 10.5. The second-order valence-electron chi connectivity index (χ2n) is 3.34. The summed E-state index contributed by atoms with van der Waals surface area (Å²) in [6.45, 7) is 7.67. The summed E-state index contributed by atoms with van der Waals surface area (Å²) in [7, 11) is -2.00. The van der Waals surface area contributed by atoms with E-state index < -0.39 is 8.03 Å². The van der Waals surface area contributed by atoms with E-state index in [1.807, 2.05) is 20.8 Å². The molecule has 1 N–H and O–H groups in total. The van der Waals surface area contributed by atoms with Gasteiger partial charge < -0.3 is 0 Å². The lowest BCUT2D eigenvalue weighted by Gasteiger charge is -2.15. The van der Waals surface area contributed by atoms with E-state index in [1.54, 1.807) is 6.92 Å². The van der Waals surface area contributed by atoms with Crippen molar-refractivity contribution in [2.75, 3.05) is 0 Å². The topological polar surface area (TPSA) is 37.3 Å². The first-order valence-corrected chi connectivity index (χ1v) is 4.29. The maximum Gasteiger partial charge on any atom is 0.508 e. The summed E-state index contributed by atoms with van der Waals surface area (Å²) < 4.78 is 10.5. The van der Waals surface area contributed by atoms with Crippen LogP contribution in [0.5, 0.6) is 0 Å². The summed E-state index contributed by atoms with van der Waals surface area (Å²) in [6.07, 6.45) is 0. The highest BCUT2D eigenvalue weighted by Gasteiger charge is 2.35. The van der Waals surface area contributed by atoms with Crippen molar-refractivity contribution in [3.8, 4) is 0 Å². The van der Waals surface area contributed by atoms with Gasteiger partial charge in [-0.25, -0.2) is 0 Å². The quantitative estimate of drug-likeness (QED) is 0.580. The second-order valence-corrected chi connectivity index (χ2v) is 4.72. The van der Waals surface area contributed by atoms with E-state index in [2.05, 4.69) is 0 Å². The van der Waals surface area contributed by atoms with Gasteiger partial charge in [0.05, 0.1) is 0 Å². The summed E-state index contributed by atoms with van der Waals surface area (Å²) in [5.74, 6) is 0. The molecule has 0 radical (unpaired) electrons. The third kappa shape index (κ3) is 2.92. The first-order valence-electron chi connectivity index (χ1n) is 3.01. The third-order valence-electron chi connectivity index (χ3n) is 1.58. The predicted molar refractivity (Wildman–Crippen MR) is 38.7 cm³/mol. The Balaban J connectivity index is 4.04. The Kier molecular flexibility index (Phi) is 2.78. The fourth-order valence-corrected chi connectivity index (χ4v) is 0.994. The first-order chi connectivity index (χ1) is 3.85. The van der Waals surface area contributed by atoms with Gasteiger partial charge in [0, 0.05) is 5.41 Å². The molecule has 0 bridgehead atoms. The van der Waals surface area contributed by atoms with Crippen molar-refractivity contribution in [2.45, 2.75) is 33.4 Å². The van der Waals surface area contributed by atoms with Crippen LogP contribution in [0.4, 0.5) is 0 Å². The highest BCUT2D eigenvalue weighted by molar-refractivity contribution is 7.38. The Morgan fingerprint density at radius 2 is 1.78 bits per heavy atom. The summed E-state index contributed by atoms with van der Waals surface area (Å²) in [5.41, 5.74) is -0.171. The van der Waals surface area contributed by atoms with Gasteiger partial charge in [0.2, 0.25) is 0 Å². The molecule has 0 amide bonds. The van der Waals surface area contributed by atoms with Gasteiger partial charge in [-0.1, -0.05) is 20.8 Å². The monoisotopic (exact) mass is 149 g/mol. The van der Waals surface area contributed by atoms with Crippen LogP contribution >= 0.6 is 8.03 Å². The molecule has 0 fully saturated rings. The van der Waals surface area contributed by atoms with Crippen molar-refractivity contribution >= 4 is 8.03 Å². The van der Waals surface area contributed by atoms with E-state index in [1.165, 1.54) is 0 Å². The van der Waals surface area contributed by atoms with Crippen LogP contribution in [0.25, 0.3) is 0 Å². The molecule has 2 atom stereocenters. The zero-order valence-electron chi connectivity index (χ0n) is 6.38. The molecular weight excluding hydrogens is 135 g/mol. The highest BCUT2D eigenvalue weighted by atomic mass is 31.1. The fraction of sp³-hybridized carbons (Fsp3) is 1.00. The Morgan fingerprint density at radius 1 is 1.44 bits per heavy atom. The molecule has 0 aliphatic heterocycles. The molecule has 0 spiro atoms. The molecule has 0 aromatic heterocycles. The average molecular weight is 149 g/mol. The normalized spacial score (nSPS) is 17.2. The molecular formula is C6H14O2P+. The smallest absolute Gasteiger partial charge is 0.161 e. The highest BCUT2D eigenvalue weighted by Crippen LogP contribution is 2.36. The summed E-state index contributed by atoms with van der Waals surface area (Å²) >= 11 is 0. The lowest BCUT2D eigenvalue weighted by Crippen LogP contribution is -2.18. The molecule has 2 unspecified atom stereocenters. The van der Waals surface area contributed by atoms with Crippen LogP contribution in [0.1, 0.15) is 27.7 Å². The standard InChI is InChI=1S/C6H13O2P/c1-5(9(7)8)6(2,3)4/h5H,1-4H3/p+1. The van der Waals surface area contributed by atoms with E-state index in [4.69, 9.17) is 4.89 Å². The minimum atomic E-state index is -2.00. The molecule has 0 aromatic carbocycles. The van der Waals surface area contributed by atoms with Crippen LogP contribution in [-0.2, 0) is 4.57 Å². The van der Waals surface area contributed by atoms with Gasteiger partial charge in [0.15, 0.2) is 5.66 Å². The van der Waals surface area contributed by atoms with E-state index >= 15 is 0 Å². The minimum absolute atomic E-state index is 0.0534. The molecule has 3 heteroatoms. The van der Waals surface area contributed by atoms with Gasteiger partial charge in [-0.05, 0) is 11.5 Å². The van der Waals surface area contributed by atoms with E-state index in [9.17, 15) is 4.57 Å². The van der Waals surface area contributed by atoms with Crippen LogP contribution in [0.2, 0.25) is 0 Å². The Morgan fingerprint density at radius 3 is 1.78 bits per heavy atom. The Bertz CT molecular complexity index is 115. The second kappa shape index (κ2) is 2.76. The largest absolute Gasteiger partial charge is 0.508 e. The Labute approximate surface area is 57.1 Å². The number of hydrogen-bond donors (Lipinski definition) is 1. The molecule has 0 saturated heterocycles. The number of hydrogen-bond acceptors (Lipinski definition) is 1. The van der Waals surface area contributed by atoms with E-state index in [0.717, 1.165) is 0 Å².